The summed E-state index contributed by atoms with van der Waals surface area (Å²) in [6.07, 6.45) is 2.33. The third-order valence-electron chi connectivity index (χ3n) is 15.4. The van der Waals surface area contributed by atoms with Gasteiger partial charge in [0.05, 0.1) is 11.2 Å². The molecule has 0 amide bonds. The molecule has 0 spiro atoms. The summed E-state index contributed by atoms with van der Waals surface area (Å²) in [4.78, 5) is 0. The number of fused-ring (bicyclic) bond motifs is 15. The third-order valence-corrected chi connectivity index (χ3v) is 17.7. The van der Waals surface area contributed by atoms with Crippen LogP contribution in [0, 0.1) is 0 Å². The Morgan fingerprint density at radius 1 is 0.561 bits per heavy atom. The van der Waals surface area contributed by atoms with Gasteiger partial charge in [-0.05, 0) is 124 Å². The second kappa shape index (κ2) is 13.2. The minimum atomic E-state index is 0.0610. The van der Waals surface area contributed by atoms with Crippen molar-refractivity contribution in [2.75, 3.05) is 5.32 Å². The van der Waals surface area contributed by atoms with Crippen molar-refractivity contribution >= 4 is 136 Å². The van der Waals surface area contributed by atoms with Gasteiger partial charge in [-0.15, -0.1) is 22.7 Å². The number of furan rings is 1. The van der Waals surface area contributed by atoms with Crippen LogP contribution < -0.4 is 16.2 Å². The highest BCUT2D eigenvalue weighted by Crippen LogP contribution is 2.50. The van der Waals surface area contributed by atoms with Gasteiger partial charge in [0.25, 0.3) is 0 Å². The maximum Gasteiger partial charge on any atom is 0.197 e. The average Bonchev–Trinajstić information content (AvgIpc) is 4.05. The molecule has 5 heterocycles. The Hall–Kier alpha value is -6.34. The van der Waals surface area contributed by atoms with Crippen LogP contribution in [0.1, 0.15) is 78.0 Å². The van der Waals surface area contributed by atoms with E-state index >= 15 is 0 Å². The molecule has 1 aliphatic heterocycles. The zero-order chi connectivity index (χ0) is 44.6. The molecule has 0 saturated heterocycles. The summed E-state index contributed by atoms with van der Waals surface area (Å²) in [6.45, 7) is 16.4. The molecule has 8 aromatic carbocycles. The maximum absolute atomic E-state index is 6.93. The fourth-order valence-electron chi connectivity index (χ4n) is 11.6. The Kier molecular flexibility index (Phi) is 7.77. The van der Waals surface area contributed by atoms with Crippen molar-refractivity contribution in [3.8, 4) is 16.8 Å². The van der Waals surface area contributed by atoms with Gasteiger partial charge in [-0.3, -0.25) is 0 Å². The van der Waals surface area contributed by atoms with Gasteiger partial charge in [-0.2, -0.15) is 0 Å². The van der Waals surface area contributed by atoms with Crippen LogP contribution in [0.4, 0.5) is 11.4 Å². The predicted molar refractivity (Wildman–Crippen MR) is 288 cm³/mol. The molecule has 0 fully saturated rings. The maximum atomic E-state index is 6.93. The Morgan fingerprint density at radius 2 is 1.20 bits per heavy atom. The van der Waals surface area contributed by atoms with Gasteiger partial charge in [-0.1, -0.05) is 115 Å². The number of nitrogens with zero attached hydrogens (tertiary/aromatic N) is 1. The smallest absolute Gasteiger partial charge is 0.197 e. The molecule has 1 radical (unpaired) electrons. The first kappa shape index (κ1) is 38.9. The standard InChI is InChI=1S/C60H48BN2OS2/c1-58(2,3)32-16-18-33(19-17-32)62-47-31-51-40(41-25-44-45(29-50(41)64-51)60(6,7)23-22-59(44,4)5)24-38(47)36-20-21-37-39-28-54-42(34-12-8-10-14-52(34)65-54)26-48(39)63-49-27-43-35-13-9-11-15-53(35)66-55(43)30-46(49)61-56(36)57(37)63/h8-21,24-31,62H,22-23H2,1-7H3. The topological polar surface area (TPSA) is 30.1 Å². The lowest BCUT2D eigenvalue weighted by molar-refractivity contribution is 0.332. The van der Waals surface area contributed by atoms with E-state index in [9.17, 15) is 0 Å². The van der Waals surface area contributed by atoms with Crippen molar-refractivity contribution < 1.29 is 4.42 Å². The molecule has 0 unspecified atom stereocenters. The van der Waals surface area contributed by atoms with Crippen LogP contribution in [-0.2, 0) is 16.2 Å². The number of benzene rings is 8. The molecule has 14 rings (SSSR count). The Morgan fingerprint density at radius 3 is 1.91 bits per heavy atom. The fourth-order valence-corrected chi connectivity index (χ4v) is 13.9. The summed E-state index contributed by atoms with van der Waals surface area (Å²) in [5, 5.41) is 14.1. The molecular formula is C60H48BN2OS2. The molecular weight excluding hydrogens is 840 g/mol. The van der Waals surface area contributed by atoms with Crippen molar-refractivity contribution in [1.82, 2.24) is 4.57 Å². The van der Waals surface area contributed by atoms with Crippen LogP contribution in [0.3, 0.4) is 0 Å². The summed E-state index contributed by atoms with van der Waals surface area (Å²) in [7, 11) is 2.48. The predicted octanol–water partition coefficient (Wildman–Crippen LogP) is 16.4. The van der Waals surface area contributed by atoms with E-state index in [1.807, 2.05) is 22.7 Å². The van der Waals surface area contributed by atoms with Gasteiger partial charge in [0.2, 0.25) is 0 Å². The van der Waals surface area contributed by atoms with Crippen molar-refractivity contribution in [2.45, 2.75) is 77.6 Å². The molecule has 66 heavy (non-hydrogen) atoms. The lowest BCUT2D eigenvalue weighted by atomic mass is 9.59. The largest absolute Gasteiger partial charge is 0.456 e. The number of hydrogen-bond donors (Lipinski definition) is 1. The molecule has 0 atom stereocenters. The normalized spacial score (nSPS) is 15.4. The van der Waals surface area contributed by atoms with Gasteiger partial charge in [0, 0.05) is 90.4 Å². The van der Waals surface area contributed by atoms with E-state index in [0.29, 0.717) is 0 Å². The highest BCUT2D eigenvalue weighted by molar-refractivity contribution is 7.26. The van der Waals surface area contributed by atoms with Crippen LogP contribution in [0.2, 0.25) is 0 Å². The molecule has 6 heteroatoms. The van der Waals surface area contributed by atoms with Crippen molar-refractivity contribution in [3.63, 3.8) is 0 Å². The minimum absolute atomic E-state index is 0.0610. The number of aromatic nitrogens is 1. The minimum Gasteiger partial charge on any atom is -0.456 e. The van der Waals surface area contributed by atoms with Crippen molar-refractivity contribution in [1.29, 1.82) is 0 Å². The summed E-state index contributed by atoms with van der Waals surface area (Å²) in [5.74, 6) is 0. The lowest BCUT2D eigenvalue weighted by Gasteiger charge is -2.41. The number of hydrogen-bond acceptors (Lipinski definition) is 4. The summed E-state index contributed by atoms with van der Waals surface area (Å²) in [5.41, 5.74) is 16.9. The second-order valence-corrected chi connectivity index (χ2v) is 23.6. The summed E-state index contributed by atoms with van der Waals surface area (Å²) >= 11 is 3.78. The van der Waals surface area contributed by atoms with E-state index in [-0.39, 0.29) is 16.2 Å². The molecule has 319 valence electrons. The first-order valence-electron chi connectivity index (χ1n) is 23.4. The molecule has 0 saturated carbocycles. The third kappa shape index (κ3) is 5.49. The van der Waals surface area contributed by atoms with E-state index in [1.54, 1.807) is 0 Å². The monoisotopic (exact) mass is 887 g/mol. The zero-order valence-electron chi connectivity index (χ0n) is 38.4. The average molecular weight is 888 g/mol. The first-order chi connectivity index (χ1) is 31.8. The van der Waals surface area contributed by atoms with E-state index in [0.717, 1.165) is 46.3 Å². The van der Waals surface area contributed by atoms with E-state index in [1.165, 1.54) is 106 Å². The number of anilines is 2. The molecule has 3 nitrogen and oxygen atoms in total. The molecule has 1 N–H and O–H groups in total. The Balaban J connectivity index is 1.07. The fraction of sp³-hybridized carbons (Fsp3) is 0.200. The summed E-state index contributed by atoms with van der Waals surface area (Å²) < 4.78 is 14.8. The molecule has 1 aliphatic carbocycles. The van der Waals surface area contributed by atoms with Crippen molar-refractivity contribution in [3.05, 3.63) is 150 Å². The Bertz CT molecular complexity index is 4090. The Labute approximate surface area is 392 Å². The molecule has 2 aliphatic rings. The van der Waals surface area contributed by atoms with Gasteiger partial charge < -0.3 is 14.3 Å². The quantitative estimate of drug-likeness (QED) is 0.179. The SMILES string of the molecule is CC(C)(C)c1ccc(Nc2cc3oc4cc5c(cc4c3cc2-c2ccc3c4cc6sc7ccccc7c6cc4n4c3c2[B]c2cc3sc6ccccc6c3cc2-4)C(C)(C)CCC5(C)C)cc1. The summed E-state index contributed by atoms with van der Waals surface area (Å²) in [6, 6.07) is 50.9. The number of rotatable bonds is 3. The highest BCUT2D eigenvalue weighted by Gasteiger charge is 2.38. The van der Waals surface area contributed by atoms with E-state index in [2.05, 4.69) is 199 Å². The molecule has 4 aromatic heterocycles. The van der Waals surface area contributed by atoms with Crippen LogP contribution in [-0.4, -0.2) is 11.8 Å². The van der Waals surface area contributed by atoms with Gasteiger partial charge in [0.1, 0.15) is 11.2 Å². The van der Waals surface area contributed by atoms with Crippen LogP contribution >= 0.6 is 22.7 Å². The van der Waals surface area contributed by atoms with Crippen LogP contribution in [0.5, 0.6) is 0 Å². The first-order valence-corrected chi connectivity index (χ1v) is 25.1. The van der Waals surface area contributed by atoms with E-state index < -0.39 is 0 Å². The highest BCUT2D eigenvalue weighted by atomic mass is 32.1. The van der Waals surface area contributed by atoms with Gasteiger partial charge in [0.15, 0.2) is 7.28 Å². The van der Waals surface area contributed by atoms with Crippen LogP contribution in [0.25, 0.3) is 101 Å². The van der Waals surface area contributed by atoms with Crippen LogP contribution in [0.15, 0.2) is 138 Å². The number of nitrogens with one attached hydrogen (secondary N) is 1. The van der Waals surface area contributed by atoms with Crippen molar-refractivity contribution in [2.24, 2.45) is 0 Å². The van der Waals surface area contributed by atoms with Gasteiger partial charge in [-0.25, -0.2) is 0 Å². The molecule has 0 bridgehead atoms. The second-order valence-electron chi connectivity index (χ2n) is 21.5. The van der Waals surface area contributed by atoms with E-state index in [4.69, 9.17) is 4.42 Å². The molecule has 12 aromatic rings. The zero-order valence-corrected chi connectivity index (χ0v) is 40.0. The number of thiophene rings is 2. The lowest BCUT2D eigenvalue weighted by Crippen LogP contribution is -2.37. The van der Waals surface area contributed by atoms with Gasteiger partial charge >= 0.3 is 0 Å².